The number of alkyl halides is 2. The first-order valence-corrected chi connectivity index (χ1v) is 17.7. The second kappa shape index (κ2) is 14.2. The van der Waals surface area contributed by atoms with Crippen molar-refractivity contribution in [1.82, 2.24) is 25.2 Å². The summed E-state index contributed by atoms with van der Waals surface area (Å²) in [6.45, 7) is 11.6. The average Bonchev–Trinajstić information content (AvgIpc) is 3.64. The van der Waals surface area contributed by atoms with Crippen LogP contribution in [0.4, 0.5) is 29.1 Å². The second-order valence-corrected chi connectivity index (χ2v) is 13.3. The molecule has 12 heteroatoms. The van der Waals surface area contributed by atoms with Crippen molar-refractivity contribution in [2.24, 2.45) is 5.92 Å². The van der Waals surface area contributed by atoms with Crippen LogP contribution in [0.3, 0.4) is 0 Å². The van der Waals surface area contributed by atoms with Crippen LogP contribution in [0.5, 0.6) is 6.01 Å². The van der Waals surface area contributed by atoms with E-state index >= 15 is 13.2 Å². The minimum atomic E-state index is -1.77. The van der Waals surface area contributed by atoms with Crippen molar-refractivity contribution in [3.05, 3.63) is 47.2 Å². The summed E-state index contributed by atoms with van der Waals surface area (Å²) in [7, 11) is 0. The number of nitrogens with one attached hydrogen (secondary N) is 2. The van der Waals surface area contributed by atoms with Gasteiger partial charge in [0.15, 0.2) is 18.4 Å². The maximum absolute atomic E-state index is 17.0. The smallest absolute Gasteiger partial charge is 0.319 e. The van der Waals surface area contributed by atoms with Gasteiger partial charge in [0.1, 0.15) is 29.5 Å². The normalized spacial score (nSPS) is 21.1. The van der Waals surface area contributed by atoms with Crippen LogP contribution < -0.4 is 21.1 Å². The van der Waals surface area contributed by atoms with Crippen LogP contribution in [0.25, 0.3) is 32.9 Å². The summed E-state index contributed by atoms with van der Waals surface area (Å²) in [5.41, 5.74) is 7.69. The van der Waals surface area contributed by atoms with E-state index in [0.29, 0.717) is 51.7 Å². The van der Waals surface area contributed by atoms with Gasteiger partial charge in [-0.2, -0.15) is 9.97 Å². The van der Waals surface area contributed by atoms with E-state index < -0.39 is 36.2 Å². The molecule has 4 atom stereocenters. The first-order valence-electron chi connectivity index (χ1n) is 17.7. The molecule has 2 aromatic carbocycles. The van der Waals surface area contributed by atoms with E-state index in [2.05, 4.69) is 25.5 Å². The minimum Gasteiger partial charge on any atom is -0.461 e. The van der Waals surface area contributed by atoms with E-state index in [0.717, 1.165) is 38.8 Å². The van der Waals surface area contributed by atoms with Gasteiger partial charge in [0.25, 0.3) is 0 Å². The van der Waals surface area contributed by atoms with E-state index in [1.807, 2.05) is 27.7 Å². The lowest BCUT2D eigenvalue weighted by Crippen LogP contribution is -2.47. The molecule has 2 fully saturated rings. The fourth-order valence-corrected chi connectivity index (χ4v) is 7.94. The molecule has 0 saturated carbocycles. The summed E-state index contributed by atoms with van der Waals surface area (Å²) in [6, 6.07) is 5.38. The number of rotatable bonds is 9. The number of hydrogen-bond acceptors (Lipinski definition) is 8. The van der Waals surface area contributed by atoms with E-state index in [1.54, 1.807) is 25.1 Å². The van der Waals surface area contributed by atoms with Crippen LogP contribution in [-0.2, 0) is 12.8 Å². The molecule has 0 amide bonds. The van der Waals surface area contributed by atoms with Crippen molar-refractivity contribution < 1.29 is 22.3 Å². The number of aryl methyl sites for hydroxylation is 1. The van der Waals surface area contributed by atoms with Crippen molar-refractivity contribution in [3.8, 4) is 17.3 Å². The Morgan fingerprint density at radius 1 is 1.06 bits per heavy atom. The van der Waals surface area contributed by atoms with Crippen LogP contribution in [0.2, 0.25) is 0 Å². The van der Waals surface area contributed by atoms with Gasteiger partial charge in [-0.1, -0.05) is 40.7 Å². The zero-order valence-corrected chi connectivity index (χ0v) is 29.0. The van der Waals surface area contributed by atoms with Gasteiger partial charge in [-0.15, -0.1) is 0 Å². The molecule has 2 saturated heterocycles. The highest BCUT2D eigenvalue weighted by Gasteiger charge is 2.45. The maximum atomic E-state index is 17.0. The first-order chi connectivity index (χ1) is 23.6. The Balaban J connectivity index is 0.00000205. The second-order valence-electron chi connectivity index (χ2n) is 13.3. The zero-order chi connectivity index (χ0) is 35.0. The van der Waals surface area contributed by atoms with Crippen molar-refractivity contribution in [2.75, 3.05) is 30.7 Å². The summed E-state index contributed by atoms with van der Waals surface area (Å²) < 4.78 is 68.4. The predicted octanol–water partition coefficient (Wildman–Crippen LogP) is 7.86. The predicted molar refractivity (Wildman–Crippen MR) is 187 cm³/mol. The van der Waals surface area contributed by atoms with Crippen LogP contribution in [0.1, 0.15) is 78.0 Å². The lowest BCUT2D eigenvalue weighted by Gasteiger charge is -2.31. The largest absolute Gasteiger partial charge is 0.461 e. The molecule has 7 rings (SSSR count). The molecule has 0 radical (unpaired) electrons. The summed E-state index contributed by atoms with van der Waals surface area (Å²) >= 11 is 0. The molecule has 8 nitrogen and oxygen atoms in total. The molecule has 0 bridgehead atoms. The Hall–Kier alpha value is -3.77. The van der Waals surface area contributed by atoms with Gasteiger partial charge in [-0.25, -0.2) is 22.5 Å². The van der Waals surface area contributed by atoms with E-state index in [-0.39, 0.29) is 41.4 Å². The number of aromatic nitrogens is 3. The van der Waals surface area contributed by atoms with E-state index in [9.17, 15) is 4.39 Å². The standard InChI is InChI=1S/C35H41F4N7O.C2H6/c1-4-21-23(36)9-8-19-15-20(40)16-22(26(19)21)30-28(38)31-27-24(41-30)14-18(3)29(32(39)42-25(37)5-2)43-33(27)45-34(44-31)47-17-35-10-6-12-46(35)13-7-11-35;1-2/h8-9,15-16,18,25,29,32,42H,4-7,10-14,17,40H2,1-3H3,(H,43,44,45);1-2H3/t18-,25?,29-,32?;/m0./s1. The maximum Gasteiger partial charge on any atom is 0.319 e. The third kappa shape index (κ3) is 6.38. The summed E-state index contributed by atoms with van der Waals surface area (Å²) in [6.07, 6.45) is 1.51. The molecule has 4 N–H and O–H groups in total. The number of nitrogens with two attached hydrogens (primary N) is 1. The Morgan fingerprint density at radius 2 is 1.80 bits per heavy atom. The van der Waals surface area contributed by atoms with Gasteiger partial charge >= 0.3 is 6.01 Å². The molecular formula is C37H47F4N7O. The minimum absolute atomic E-state index is 0.0348. The van der Waals surface area contributed by atoms with Gasteiger partial charge in [0.2, 0.25) is 0 Å². The average molecular weight is 682 g/mol. The lowest BCUT2D eigenvalue weighted by molar-refractivity contribution is 0.108. The highest BCUT2D eigenvalue weighted by molar-refractivity contribution is 6.03. The number of benzene rings is 2. The molecule has 4 aromatic rings. The van der Waals surface area contributed by atoms with Gasteiger partial charge < -0.3 is 15.8 Å². The monoisotopic (exact) mass is 681 g/mol. The number of ether oxygens (including phenoxy) is 1. The van der Waals surface area contributed by atoms with Crippen LogP contribution in [-0.4, -0.2) is 63.7 Å². The number of nitrogen functional groups attached to an aromatic ring is 1. The molecule has 49 heavy (non-hydrogen) atoms. The Bertz CT molecular complexity index is 1830. The number of nitrogens with zero attached hydrogens (tertiary/aromatic N) is 4. The first kappa shape index (κ1) is 35.1. The SMILES string of the molecule is CC.CCc1c(F)ccc2cc(N)cc(-c3nc4c5c(nc(OCC67CCCN6CCC7)nc5c3F)N[C@H](C(F)NC(F)CC)[C@@H](C)C4)c12. The number of pyridine rings is 1. The fourth-order valence-electron chi connectivity index (χ4n) is 7.94. The van der Waals surface area contributed by atoms with E-state index in [1.165, 1.54) is 6.07 Å². The Morgan fingerprint density at radius 3 is 2.49 bits per heavy atom. The zero-order valence-electron chi connectivity index (χ0n) is 29.0. The number of anilines is 2. The highest BCUT2D eigenvalue weighted by atomic mass is 19.2. The van der Waals surface area contributed by atoms with Crippen LogP contribution >= 0.6 is 0 Å². The molecule has 2 unspecified atom stereocenters. The number of halogens is 4. The Kier molecular flexibility index (Phi) is 10.2. The third-order valence-electron chi connectivity index (χ3n) is 10.4. The molecule has 3 aliphatic heterocycles. The molecule has 0 spiro atoms. The molecule has 2 aromatic heterocycles. The van der Waals surface area contributed by atoms with Gasteiger partial charge in [0.05, 0.1) is 22.7 Å². The molecule has 264 valence electrons. The van der Waals surface area contributed by atoms with Crippen molar-refractivity contribution in [3.63, 3.8) is 0 Å². The van der Waals surface area contributed by atoms with Gasteiger partial charge in [-0.05, 0) is 98.5 Å². The molecule has 3 aliphatic rings. The fraction of sp³-hybridized carbons (Fsp3) is 0.541. The molecule has 5 heterocycles. The van der Waals surface area contributed by atoms with E-state index in [4.69, 9.17) is 15.5 Å². The number of hydrogen-bond donors (Lipinski definition) is 3. The van der Waals surface area contributed by atoms with Crippen molar-refractivity contribution in [2.45, 2.75) is 104 Å². The number of fused-ring (bicyclic) bond motifs is 2. The topological polar surface area (TPSA) is 101 Å². The Labute approximate surface area is 285 Å². The quantitative estimate of drug-likeness (QED) is 0.0933. The van der Waals surface area contributed by atoms with Crippen molar-refractivity contribution in [1.29, 1.82) is 0 Å². The molecular weight excluding hydrogens is 634 g/mol. The molecule has 0 aliphatic carbocycles. The highest BCUT2D eigenvalue weighted by Crippen LogP contribution is 2.42. The summed E-state index contributed by atoms with van der Waals surface area (Å²) in [5, 5.41) is 7.02. The lowest BCUT2D eigenvalue weighted by atomic mass is 9.93. The van der Waals surface area contributed by atoms with Gasteiger partial charge in [-0.3, -0.25) is 10.2 Å². The van der Waals surface area contributed by atoms with Crippen LogP contribution in [0.15, 0.2) is 24.3 Å². The summed E-state index contributed by atoms with van der Waals surface area (Å²) in [5.74, 6) is -1.39. The summed E-state index contributed by atoms with van der Waals surface area (Å²) in [4.78, 5) is 16.5. The third-order valence-corrected chi connectivity index (χ3v) is 10.4. The van der Waals surface area contributed by atoms with Crippen molar-refractivity contribution >= 4 is 33.2 Å². The van der Waals surface area contributed by atoms with Crippen LogP contribution in [0, 0.1) is 17.6 Å². The van der Waals surface area contributed by atoms with Gasteiger partial charge in [0, 0.05) is 11.3 Å².